The first-order valence-corrected chi connectivity index (χ1v) is 22.5. The molecular weight excluding hydrogens is 791 g/mol. The van der Waals surface area contributed by atoms with Gasteiger partial charge < -0.3 is 22.5 Å². The summed E-state index contributed by atoms with van der Waals surface area (Å²) in [5.74, 6) is 0. The molecule has 0 bridgehead atoms. The minimum Gasteiger partial charge on any atom is -0.309 e. The van der Waals surface area contributed by atoms with Gasteiger partial charge in [0.1, 0.15) is 0 Å². The summed E-state index contributed by atoms with van der Waals surface area (Å²) in [5, 5.41) is 12.6. The molecule has 0 aliphatic carbocycles. The van der Waals surface area contributed by atoms with E-state index in [0.717, 1.165) is 17.1 Å². The van der Waals surface area contributed by atoms with Crippen molar-refractivity contribution in [2.24, 2.45) is 0 Å². The molecule has 5 nitrogen and oxygen atoms in total. The predicted molar refractivity (Wildman–Crippen MR) is 273 cm³/mol. The molecule has 300 valence electrons. The minimum atomic E-state index is 1.14. The Morgan fingerprint density at radius 1 is 0.200 bits per heavy atom. The Morgan fingerprint density at radius 3 is 1.05 bits per heavy atom. The molecule has 0 aliphatic heterocycles. The lowest BCUT2D eigenvalue weighted by atomic mass is 10.0. The molecule has 0 aliphatic rings. The van der Waals surface area contributed by atoms with Crippen LogP contribution in [0.15, 0.2) is 212 Å². The molecule has 6 aromatic heterocycles. The molecule has 0 spiro atoms. The summed E-state index contributed by atoms with van der Waals surface area (Å²) in [6.45, 7) is 0. The SMILES string of the molecule is c1ccc(-n2c3ccccc3c3cc(-n4c5ccccc5c5c6c7ccccc7n7c8cc9c(c%10ccccc%10n9-c9ccccc9)c9c%10ccccc%10n(c(cc54)c67)c98)ccc32)cc1. The summed E-state index contributed by atoms with van der Waals surface area (Å²) < 4.78 is 12.6. The molecule has 16 rings (SSSR count). The Balaban J connectivity index is 1.13. The van der Waals surface area contributed by atoms with Gasteiger partial charge in [0.05, 0.1) is 66.2 Å². The topological polar surface area (TPSA) is 23.6 Å². The Hall–Kier alpha value is -8.80. The second-order valence-corrected chi connectivity index (χ2v) is 17.7. The average Bonchev–Trinajstić information content (AvgIpc) is 4.16. The van der Waals surface area contributed by atoms with E-state index >= 15 is 0 Å². The van der Waals surface area contributed by atoms with Crippen LogP contribution in [0.5, 0.6) is 0 Å². The maximum absolute atomic E-state index is 2.59. The van der Waals surface area contributed by atoms with Crippen molar-refractivity contribution in [3.63, 3.8) is 0 Å². The number of aromatic nitrogens is 5. The monoisotopic (exact) mass is 825 g/mol. The highest BCUT2D eigenvalue weighted by atomic mass is 15.0. The third-order valence-electron chi connectivity index (χ3n) is 14.5. The predicted octanol–water partition coefficient (Wildman–Crippen LogP) is 15.5. The maximum Gasteiger partial charge on any atom is 0.0791 e. The number of rotatable bonds is 3. The zero-order valence-electron chi connectivity index (χ0n) is 34.9. The summed E-state index contributed by atoms with van der Waals surface area (Å²) in [5.41, 5.74) is 17.9. The fourth-order valence-electron chi connectivity index (χ4n) is 12.1. The Morgan fingerprint density at radius 2 is 0.554 bits per heavy atom. The van der Waals surface area contributed by atoms with Crippen LogP contribution in [0.2, 0.25) is 0 Å². The average molecular weight is 826 g/mol. The molecule has 0 fully saturated rings. The van der Waals surface area contributed by atoms with E-state index in [1.54, 1.807) is 0 Å². The molecule has 0 unspecified atom stereocenters. The number of nitrogens with zero attached hydrogens (tertiary/aromatic N) is 5. The van der Waals surface area contributed by atoms with Crippen molar-refractivity contribution in [3.8, 4) is 17.1 Å². The number of para-hydroxylation sites is 7. The fraction of sp³-hybridized carbons (Fsp3) is 0. The van der Waals surface area contributed by atoms with Crippen LogP contribution in [0.25, 0.3) is 137 Å². The maximum atomic E-state index is 2.59. The van der Waals surface area contributed by atoms with E-state index < -0.39 is 0 Å². The first kappa shape index (κ1) is 33.8. The molecule has 0 N–H and O–H groups in total. The van der Waals surface area contributed by atoms with Crippen molar-refractivity contribution in [1.29, 1.82) is 0 Å². The molecule has 65 heavy (non-hydrogen) atoms. The third kappa shape index (κ3) is 4.10. The van der Waals surface area contributed by atoms with Gasteiger partial charge in [0.25, 0.3) is 0 Å². The number of hydrogen-bond acceptors (Lipinski definition) is 0. The van der Waals surface area contributed by atoms with Crippen LogP contribution in [-0.2, 0) is 0 Å². The highest BCUT2D eigenvalue weighted by Gasteiger charge is 2.28. The Kier molecular flexibility index (Phi) is 6.24. The number of hydrogen-bond donors (Lipinski definition) is 0. The van der Waals surface area contributed by atoms with Crippen LogP contribution in [0.1, 0.15) is 0 Å². The molecule has 16 aromatic rings. The lowest BCUT2D eigenvalue weighted by Gasteiger charge is -2.15. The van der Waals surface area contributed by atoms with E-state index in [2.05, 4.69) is 235 Å². The van der Waals surface area contributed by atoms with Gasteiger partial charge >= 0.3 is 0 Å². The molecular formula is C60H35N5. The van der Waals surface area contributed by atoms with Crippen LogP contribution in [0, 0.1) is 0 Å². The summed E-state index contributed by atoms with van der Waals surface area (Å²) in [6.07, 6.45) is 0. The third-order valence-corrected chi connectivity index (χ3v) is 14.5. The lowest BCUT2D eigenvalue weighted by Crippen LogP contribution is -2.00. The van der Waals surface area contributed by atoms with E-state index in [0.29, 0.717) is 0 Å². The first-order chi connectivity index (χ1) is 32.3. The summed E-state index contributed by atoms with van der Waals surface area (Å²) in [4.78, 5) is 0. The standard InChI is InChI=1S/C60H35N5/c1-3-17-36(18-4-1)61-45-26-12-7-21-39(45)44-33-38(31-32-50(44)61)63-47-28-14-9-23-41(47)56-52(63)35-54-60-58(56)43-25-11-16-30-49(43)64(60)53-34-51-55(57-42-24-10-15-29-48(42)65(54)59(53)57)40-22-8-13-27-46(40)62(51)37-19-5-2-6-20-37/h1-35H. The van der Waals surface area contributed by atoms with Gasteiger partial charge in [-0.15, -0.1) is 0 Å². The van der Waals surface area contributed by atoms with Gasteiger partial charge in [0.2, 0.25) is 0 Å². The van der Waals surface area contributed by atoms with Gasteiger partial charge in [0, 0.05) is 70.9 Å². The van der Waals surface area contributed by atoms with Crippen molar-refractivity contribution < 1.29 is 0 Å². The van der Waals surface area contributed by atoms with Gasteiger partial charge in [-0.05, 0) is 84.9 Å². The van der Waals surface area contributed by atoms with Gasteiger partial charge in [-0.3, -0.25) is 0 Å². The van der Waals surface area contributed by atoms with Gasteiger partial charge in [-0.25, -0.2) is 0 Å². The highest BCUT2D eigenvalue weighted by molar-refractivity contribution is 6.37. The normalized spacial score (nSPS) is 12.6. The summed E-state index contributed by atoms with van der Waals surface area (Å²) in [7, 11) is 0. The van der Waals surface area contributed by atoms with Crippen molar-refractivity contribution in [2.75, 3.05) is 0 Å². The van der Waals surface area contributed by atoms with Crippen molar-refractivity contribution in [1.82, 2.24) is 22.5 Å². The molecule has 0 atom stereocenters. The summed E-state index contributed by atoms with van der Waals surface area (Å²) >= 11 is 0. The molecule has 0 saturated carbocycles. The van der Waals surface area contributed by atoms with Crippen molar-refractivity contribution in [2.45, 2.75) is 0 Å². The molecule has 0 saturated heterocycles. The summed E-state index contributed by atoms with van der Waals surface area (Å²) in [6, 6.07) is 78.5. The second kappa shape index (κ2) is 12.0. The van der Waals surface area contributed by atoms with E-state index in [1.165, 1.54) is 120 Å². The molecule has 0 amide bonds. The van der Waals surface area contributed by atoms with Crippen molar-refractivity contribution in [3.05, 3.63) is 212 Å². The second-order valence-electron chi connectivity index (χ2n) is 17.7. The zero-order valence-corrected chi connectivity index (χ0v) is 34.9. The highest BCUT2D eigenvalue weighted by Crippen LogP contribution is 2.49. The van der Waals surface area contributed by atoms with E-state index in [-0.39, 0.29) is 0 Å². The number of fused-ring (bicyclic) bond motifs is 19. The Labute approximate surface area is 370 Å². The fourth-order valence-corrected chi connectivity index (χ4v) is 12.1. The smallest absolute Gasteiger partial charge is 0.0791 e. The van der Waals surface area contributed by atoms with Crippen LogP contribution >= 0.6 is 0 Å². The number of benzene rings is 10. The van der Waals surface area contributed by atoms with Crippen LogP contribution < -0.4 is 0 Å². The quantitative estimate of drug-likeness (QED) is 0.159. The first-order valence-electron chi connectivity index (χ1n) is 22.5. The zero-order chi connectivity index (χ0) is 42.1. The Bertz CT molecular complexity index is 4680. The molecule has 6 heterocycles. The van der Waals surface area contributed by atoms with Crippen LogP contribution in [0.4, 0.5) is 0 Å². The minimum absolute atomic E-state index is 1.14. The van der Waals surface area contributed by atoms with Crippen molar-refractivity contribution >= 4 is 120 Å². The molecule has 0 radical (unpaired) electrons. The molecule has 10 aromatic carbocycles. The lowest BCUT2D eigenvalue weighted by molar-refractivity contribution is 1.16. The van der Waals surface area contributed by atoms with Crippen LogP contribution in [-0.4, -0.2) is 22.5 Å². The molecule has 5 heteroatoms. The van der Waals surface area contributed by atoms with E-state index in [4.69, 9.17) is 0 Å². The van der Waals surface area contributed by atoms with Gasteiger partial charge in [-0.2, -0.15) is 0 Å². The van der Waals surface area contributed by atoms with Gasteiger partial charge in [-0.1, -0.05) is 127 Å². The van der Waals surface area contributed by atoms with E-state index in [9.17, 15) is 0 Å². The van der Waals surface area contributed by atoms with E-state index in [1.807, 2.05) is 0 Å². The largest absolute Gasteiger partial charge is 0.309 e. The van der Waals surface area contributed by atoms with Crippen LogP contribution in [0.3, 0.4) is 0 Å². The van der Waals surface area contributed by atoms with Gasteiger partial charge in [0.15, 0.2) is 0 Å².